The molecule has 0 bridgehead atoms. The minimum atomic E-state index is -1.02. The summed E-state index contributed by atoms with van der Waals surface area (Å²) < 4.78 is 18.1. The molecule has 1 aliphatic heterocycles. The third-order valence-electron chi connectivity index (χ3n) is 4.18. The van der Waals surface area contributed by atoms with Gasteiger partial charge in [0.15, 0.2) is 6.10 Å². The summed E-state index contributed by atoms with van der Waals surface area (Å²) in [7, 11) is 1.29. The van der Waals surface area contributed by atoms with Crippen LogP contribution in [0.5, 0.6) is 0 Å². The van der Waals surface area contributed by atoms with Gasteiger partial charge in [-0.15, -0.1) is 0 Å². The zero-order valence-corrected chi connectivity index (χ0v) is 12.3. The molecule has 2 rings (SSSR count). The van der Waals surface area contributed by atoms with Crippen LogP contribution in [0.15, 0.2) is 24.3 Å². The number of hydrogen-bond acceptors (Lipinski definition) is 4. The largest absolute Gasteiger partial charge is 0.467 e. The topological polar surface area (TPSA) is 49.8 Å². The Kier molecular flexibility index (Phi) is 5.70. The van der Waals surface area contributed by atoms with Gasteiger partial charge in [0.2, 0.25) is 0 Å². The Balaban J connectivity index is 1.77. The molecule has 1 aromatic rings. The number of hydrogen-bond donors (Lipinski definition) is 1. The third-order valence-corrected chi connectivity index (χ3v) is 4.18. The van der Waals surface area contributed by atoms with E-state index in [1.54, 1.807) is 6.07 Å². The van der Waals surface area contributed by atoms with E-state index >= 15 is 0 Å². The predicted molar refractivity (Wildman–Crippen MR) is 77.3 cm³/mol. The fourth-order valence-electron chi connectivity index (χ4n) is 2.79. The number of benzene rings is 1. The molecule has 1 aromatic carbocycles. The van der Waals surface area contributed by atoms with E-state index < -0.39 is 12.1 Å². The first kappa shape index (κ1) is 15.9. The minimum Gasteiger partial charge on any atom is -0.467 e. The number of likely N-dealkylation sites (tertiary alicyclic amines) is 1. The summed E-state index contributed by atoms with van der Waals surface area (Å²) in [4.78, 5) is 13.6. The summed E-state index contributed by atoms with van der Waals surface area (Å²) in [5.41, 5.74) is 0.731. The maximum atomic E-state index is 13.5. The number of rotatable bonds is 5. The van der Waals surface area contributed by atoms with Crippen LogP contribution in [0.2, 0.25) is 0 Å². The summed E-state index contributed by atoms with van der Waals surface area (Å²) in [5, 5.41) is 9.83. The molecule has 0 unspecified atom stereocenters. The lowest BCUT2D eigenvalue weighted by molar-refractivity contribution is -0.154. The summed E-state index contributed by atoms with van der Waals surface area (Å²) in [5.74, 6) is -0.754. The van der Waals surface area contributed by atoms with Crippen molar-refractivity contribution < 1.29 is 19.0 Å². The number of esters is 1. The highest BCUT2D eigenvalue weighted by molar-refractivity contribution is 5.74. The molecular weight excluding hydrogens is 273 g/mol. The van der Waals surface area contributed by atoms with Crippen molar-refractivity contribution in [1.29, 1.82) is 0 Å². The van der Waals surface area contributed by atoms with Gasteiger partial charge >= 0.3 is 5.97 Å². The van der Waals surface area contributed by atoms with Crippen LogP contribution < -0.4 is 0 Å². The number of aliphatic hydroxyl groups is 1. The molecule has 1 heterocycles. The Hall–Kier alpha value is -1.46. The van der Waals surface area contributed by atoms with E-state index in [9.17, 15) is 14.3 Å². The van der Waals surface area contributed by atoms with Crippen molar-refractivity contribution in [2.75, 3.05) is 26.7 Å². The van der Waals surface area contributed by atoms with E-state index in [1.165, 1.54) is 13.2 Å². The molecular formula is C16H22FNO3. The minimum absolute atomic E-state index is 0.0397. The lowest BCUT2D eigenvalue weighted by Crippen LogP contribution is -2.41. The SMILES string of the molecule is COC(=O)[C@@H](O)C1CCN(CCc2ccccc2F)CC1. The maximum Gasteiger partial charge on any atom is 0.334 e. The zero-order valence-electron chi connectivity index (χ0n) is 12.3. The van der Waals surface area contributed by atoms with Crippen LogP contribution in [-0.2, 0) is 16.0 Å². The van der Waals surface area contributed by atoms with Crippen LogP contribution in [0.4, 0.5) is 4.39 Å². The molecule has 1 aliphatic rings. The molecule has 1 fully saturated rings. The lowest BCUT2D eigenvalue weighted by atomic mass is 9.91. The Labute approximate surface area is 124 Å². The van der Waals surface area contributed by atoms with Crippen molar-refractivity contribution in [3.05, 3.63) is 35.6 Å². The van der Waals surface area contributed by atoms with Gasteiger partial charge in [0.05, 0.1) is 7.11 Å². The molecule has 116 valence electrons. The van der Waals surface area contributed by atoms with E-state index in [0.717, 1.165) is 38.0 Å². The third kappa shape index (κ3) is 4.25. The summed E-state index contributed by atoms with van der Waals surface area (Å²) >= 11 is 0. The summed E-state index contributed by atoms with van der Waals surface area (Å²) in [6.07, 6.45) is 1.17. The number of methoxy groups -OCH3 is 1. The molecule has 0 radical (unpaired) electrons. The standard InChI is InChI=1S/C16H22FNO3/c1-21-16(20)15(19)13-7-10-18(11-8-13)9-6-12-4-2-3-5-14(12)17/h2-5,13,15,19H,6-11H2,1H3/t15-/m0/s1. The monoisotopic (exact) mass is 295 g/mol. The Bertz CT molecular complexity index is 472. The fraction of sp³-hybridized carbons (Fsp3) is 0.562. The van der Waals surface area contributed by atoms with Crippen LogP contribution in [0.25, 0.3) is 0 Å². The molecule has 0 spiro atoms. The first-order chi connectivity index (χ1) is 10.1. The normalized spacial score (nSPS) is 18.4. The van der Waals surface area contributed by atoms with Gasteiger partial charge in [-0.2, -0.15) is 0 Å². The molecule has 1 N–H and O–H groups in total. The van der Waals surface area contributed by atoms with Crippen LogP contribution in [-0.4, -0.2) is 48.8 Å². The van der Waals surface area contributed by atoms with Crippen LogP contribution in [0.1, 0.15) is 18.4 Å². The number of aliphatic hydroxyl groups excluding tert-OH is 1. The average Bonchev–Trinajstić information content (AvgIpc) is 2.53. The van der Waals surface area contributed by atoms with Crippen molar-refractivity contribution in [2.45, 2.75) is 25.4 Å². The second kappa shape index (κ2) is 7.52. The predicted octanol–water partition coefficient (Wildman–Crippen LogP) is 1.61. The van der Waals surface area contributed by atoms with Gasteiger partial charge in [-0.3, -0.25) is 0 Å². The highest BCUT2D eigenvalue weighted by Gasteiger charge is 2.30. The van der Waals surface area contributed by atoms with Crippen LogP contribution >= 0.6 is 0 Å². The summed E-state index contributed by atoms with van der Waals surface area (Å²) in [6, 6.07) is 6.83. The second-order valence-electron chi connectivity index (χ2n) is 5.49. The van der Waals surface area contributed by atoms with E-state index in [2.05, 4.69) is 9.64 Å². The van der Waals surface area contributed by atoms with Crippen molar-refractivity contribution in [3.63, 3.8) is 0 Å². The van der Waals surface area contributed by atoms with Gasteiger partial charge in [-0.1, -0.05) is 18.2 Å². The van der Waals surface area contributed by atoms with Gasteiger partial charge in [0.25, 0.3) is 0 Å². The molecule has 0 aromatic heterocycles. The lowest BCUT2D eigenvalue weighted by Gasteiger charge is -2.33. The van der Waals surface area contributed by atoms with Gasteiger partial charge < -0.3 is 14.7 Å². The van der Waals surface area contributed by atoms with Gasteiger partial charge in [-0.05, 0) is 49.9 Å². The summed E-state index contributed by atoms with van der Waals surface area (Å²) in [6.45, 7) is 2.42. The second-order valence-corrected chi connectivity index (χ2v) is 5.49. The van der Waals surface area contributed by atoms with Crippen molar-refractivity contribution >= 4 is 5.97 Å². The first-order valence-electron chi connectivity index (χ1n) is 7.33. The number of ether oxygens (including phenoxy) is 1. The smallest absolute Gasteiger partial charge is 0.334 e. The van der Waals surface area contributed by atoms with E-state index in [0.29, 0.717) is 6.42 Å². The highest BCUT2D eigenvalue weighted by Crippen LogP contribution is 2.21. The van der Waals surface area contributed by atoms with Crippen LogP contribution in [0.3, 0.4) is 0 Å². The number of piperidine rings is 1. The van der Waals surface area contributed by atoms with Gasteiger partial charge in [-0.25, -0.2) is 9.18 Å². The van der Waals surface area contributed by atoms with Crippen molar-refractivity contribution in [1.82, 2.24) is 4.90 Å². The molecule has 5 heteroatoms. The molecule has 0 saturated carbocycles. The van der Waals surface area contributed by atoms with E-state index in [-0.39, 0.29) is 11.7 Å². The van der Waals surface area contributed by atoms with E-state index in [1.807, 2.05) is 12.1 Å². The van der Waals surface area contributed by atoms with Crippen LogP contribution in [0, 0.1) is 11.7 Å². The molecule has 4 nitrogen and oxygen atoms in total. The number of halogens is 1. The van der Waals surface area contributed by atoms with Crippen molar-refractivity contribution in [2.24, 2.45) is 5.92 Å². The Morgan fingerprint density at radius 2 is 2.10 bits per heavy atom. The number of carbonyl (C=O) groups is 1. The molecule has 0 amide bonds. The molecule has 0 aliphatic carbocycles. The van der Waals surface area contributed by atoms with Gasteiger partial charge in [0.1, 0.15) is 5.82 Å². The molecule has 1 saturated heterocycles. The van der Waals surface area contributed by atoms with Crippen molar-refractivity contribution in [3.8, 4) is 0 Å². The Morgan fingerprint density at radius 1 is 1.43 bits per heavy atom. The quantitative estimate of drug-likeness (QED) is 0.839. The molecule has 1 atom stereocenters. The fourth-order valence-corrected chi connectivity index (χ4v) is 2.79. The Morgan fingerprint density at radius 3 is 2.71 bits per heavy atom. The average molecular weight is 295 g/mol. The van der Waals surface area contributed by atoms with E-state index in [4.69, 9.17) is 0 Å². The molecule has 21 heavy (non-hydrogen) atoms. The van der Waals surface area contributed by atoms with Gasteiger partial charge in [0, 0.05) is 6.54 Å². The first-order valence-corrected chi connectivity index (χ1v) is 7.33. The maximum absolute atomic E-state index is 13.5. The number of carbonyl (C=O) groups excluding carboxylic acids is 1. The zero-order chi connectivity index (χ0) is 15.2. The highest BCUT2D eigenvalue weighted by atomic mass is 19.1. The number of nitrogens with zero attached hydrogens (tertiary/aromatic N) is 1.